The lowest BCUT2D eigenvalue weighted by atomic mass is 9.73. The largest absolute Gasteiger partial charge is 0.0988 e. The van der Waals surface area contributed by atoms with Crippen LogP contribution in [0.3, 0.4) is 0 Å². The number of rotatable bonds is 4. The maximum Gasteiger partial charge on any atom is -0.00981 e. The highest BCUT2D eigenvalue weighted by molar-refractivity contribution is 5.40. The fourth-order valence-corrected chi connectivity index (χ4v) is 2.47. The Morgan fingerprint density at radius 2 is 1.90 bits per heavy atom. The summed E-state index contributed by atoms with van der Waals surface area (Å²) in [6.45, 7) is 14.8. The monoisotopic (exact) mass is 268 g/mol. The molecule has 0 N–H and O–H groups in total. The number of allylic oxidation sites excluding steroid dienone is 11. The Labute approximate surface area is 125 Å². The molecule has 0 saturated carbocycles. The summed E-state index contributed by atoms with van der Waals surface area (Å²) < 4.78 is 0. The van der Waals surface area contributed by atoms with Crippen molar-refractivity contribution in [1.29, 1.82) is 0 Å². The molecule has 20 heavy (non-hydrogen) atoms. The summed E-state index contributed by atoms with van der Waals surface area (Å²) in [5, 5.41) is 0. The van der Waals surface area contributed by atoms with Crippen LogP contribution in [0.15, 0.2) is 71.4 Å². The zero-order chi connectivity index (χ0) is 15.2. The van der Waals surface area contributed by atoms with Crippen molar-refractivity contribution in [2.45, 2.75) is 47.5 Å². The third kappa shape index (κ3) is 4.85. The van der Waals surface area contributed by atoms with E-state index in [9.17, 15) is 0 Å². The van der Waals surface area contributed by atoms with Gasteiger partial charge in [0.2, 0.25) is 0 Å². The van der Waals surface area contributed by atoms with Crippen LogP contribution in [0.2, 0.25) is 0 Å². The van der Waals surface area contributed by atoms with E-state index in [0.717, 1.165) is 0 Å². The first kappa shape index (κ1) is 16.5. The van der Waals surface area contributed by atoms with Gasteiger partial charge in [0.15, 0.2) is 0 Å². The molecule has 0 amide bonds. The summed E-state index contributed by atoms with van der Waals surface area (Å²) in [5.41, 5.74) is 5.63. The molecule has 0 atom stereocenters. The fraction of sp³-hybridized carbons (Fsp3) is 0.400. The quantitative estimate of drug-likeness (QED) is 0.524. The van der Waals surface area contributed by atoms with Gasteiger partial charge >= 0.3 is 0 Å². The Bertz CT molecular complexity index is 502. The first-order chi connectivity index (χ1) is 9.36. The van der Waals surface area contributed by atoms with E-state index in [0.29, 0.717) is 5.41 Å². The Hall–Kier alpha value is -1.56. The molecule has 108 valence electrons. The summed E-state index contributed by atoms with van der Waals surface area (Å²) in [4.78, 5) is 0. The summed E-state index contributed by atoms with van der Waals surface area (Å²) >= 11 is 0. The lowest BCUT2D eigenvalue weighted by Gasteiger charge is -2.32. The Balaban J connectivity index is 2.88. The average molecular weight is 268 g/mol. The van der Waals surface area contributed by atoms with Gasteiger partial charge in [-0.2, -0.15) is 0 Å². The summed E-state index contributed by atoms with van der Waals surface area (Å²) in [7, 11) is 0. The van der Waals surface area contributed by atoms with Crippen molar-refractivity contribution in [3.63, 3.8) is 0 Å². The van der Waals surface area contributed by atoms with E-state index in [-0.39, 0.29) is 0 Å². The Morgan fingerprint density at radius 1 is 1.20 bits per heavy atom. The second kappa shape index (κ2) is 7.28. The van der Waals surface area contributed by atoms with Gasteiger partial charge in [-0.05, 0) is 44.6 Å². The van der Waals surface area contributed by atoms with Crippen molar-refractivity contribution in [2.75, 3.05) is 0 Å². The SMILES string of the molecule is C=CC(C)=C/C=C/C(C)=C/C=C1/C(C)=CCCC1(C)C. The van der Waals surface area contributed by atoms with Crippen molar-refractivity contribution < 1.29 is 0 Å². The first-order valence-electron chi connectivity index (χ1n) is 7.40. The molecule has 0 aromatic carbocycles. The summed E-state index contributed by atoms with van der Waals surface area (Å²) in [5.74, 6) is 0. The van der Waals surface area contributed by atoms with Gasteiger partial charge in [-0.25, -0.2) is 0 Å². The number of hydrogen-bond acceptors (Lipinski definition) is 0. The van der Waals surface area contributed by atoms with Crippen molar-refractivity contribution in [3.05, 3.63) is 71.4 Å². The van der Waals surface area contributed by atoms with E-state index in [4.69, 9.17) is 0 Å². The van der Waals surface area contributed by atoms with Crippen LogP contribution in [0.25, 0.3) is 0 Å². The van der Waals surface area contributed by atoms with Crippen molar-refractivity contribution >= 4 is 0 Å². The topological polar surface area (TPSA) is 0 Å². The Kier molecular flexibility index (Phi) is 6.01. The van der Waals surface area contributed by atoms with Crippen molar-refractivity contribution in [2.24, 2.45) is 5.41 Å². The van der Waals surface area contributed by atoms with Gasteiger partial charge in [0.1, 0.15) is 0 Å². The molecule has 0 unspecified atom stereocenters. The van der Waals surface area contributed by atoms with Gasteiger partial charge in [-0.15, -0.1) is 0 Å². The predicted molar refractivity (Wildman–Crippen MR) is 91.7 cm³/mol. The molecule has 1 aliphatic carbocycles. The minimum absolute atomic E-state index is 0.290. The second-order valence-electron chi connectivity index (χ2n) is 6.27. The zero-order valence-corrected chi connectivity index (χ0v) is 13.7. The molecule has 1 aliphatic rings. The van der Waals surface area contributed by atoms with Gasteiger partial charge in [-0.1, -0.05) is 79.7 Å². The molecule has 0 aromatic rings. The summed E-state index contributed by atoms with van der Waals surface area (Å²) in [6.07, 6.45) is 17.4. The standard InChI is InChI=1S/C20H28/c1-7-16(2)10-8-11-17(3)13-14-19-18(4)12-9-15-20(19,5)6/h7-8,10-14H,1,9,15H2,2-6H3/b11-8+,16-10?,17-13+,19-14-. The molecule has 0 heteroatoms. The van der Waals surface area contributed by atoms with Crippen LogP contribution < -0.4 is 0 Å². The molecule has 0 aliphatic heterocycles. The predicted octanol–water partition coefficient (Wildman–Crippen LogP) is 6.31. The molecule has 0 radical (unpaired) electrons. The molecule has 0 bridgehead atoms. The van der Waals surface area contributed by atoms with Gasteiger partial charge in [0, 0.05) is 0 Å². The molecule has 1 rings (SSSR count). The van der Waals surface area contributed by atoms with E-state index in [1.807, 2.05) is 6.08 Å². The molecule has 0 nitrogen and oxygen atoms in total. The van der Waals surface area contributed by atoms with Crippen LogP contribution in [0.4, 0.5) is 0 Å². The number of hydrogen-bond donors (Lipinski definition) is 0. The van der Waals surface area contributed by atoms with Gasteiger partial charge < -0.3 is 0 Å². The fourth-order valence-electron chi connectivity index (χ4n) is 2.47. The van der Waals surface area contributed by atoms with Crippen LogP contribution >= 0.6 is 0 Å². The third-order valence-electron chi connectivity index (χ3n) is 3.93. The third-order valence-corrected chi connectivity index (χ3v) is 3.93. The van der Waals surface area contributed by atoms with Crippen molar-refractivity contribution in [1.82, 2.24) is 0 Å². The second-order valence-corrected chi connectivity index (χ2v) is 6.27. The maximum absolute atomic E-state index is 3.75. The minimum atomic E-state index is 0.290. The molecule has 0 fully saturated rings. The molecule has 0 saturated heterocycles. The summed E-state index contributed by atoms with van der Waals surface area (Å²) in [6, 6.07) is 0. The molecule has 0 spiro atoms. The average Bonchev–Trinajstić information content (AvgIpc) is 2.37. The smallest absolute Gasteiger partial charge is 0.00981 e. The van der Waals surface area contributed by atoms with E-state index >= 15 is 0 Å². The highest BCUT2D eigenvalue weighted by atomic mass is 14.3. The van der Waals surface area contributed by atoms with Gasteiger partial charge in [-0.3, -0.25) is 0 Å². The van der Waals surface area contributed by atoms with E-state index in [1.165, 1.54) is 35.1 Å². The van der Waals surface area contributed by atoms with Gasteiger partial charge in [0.25, 0.3) is 0 Å². The van der Waals surface area contributed by atoms with Crippen LogP contribution in [0.1, 0.15) is 47.5 Å². The van der Waals surface area contributed by atoms with Gasteiger partial charge in [0.05, 0.1) is 0 Å². The highest BCUT2D eigenvalue weighted by Gasteiger charge is 2.26. The lowest BCUT2D eigenvalue weighted by Crippen LogP contribution is -2.18. The maximum atomic E-state index is 3.75. The molecular weight excluding hydrogens is 240 g/mol. The van der Waals surface area contributed by atoms with Crippen molar-refractivity contribution in [3.8, 4) is 0 Å². The molecular formula is C20H28. The normalized spacial score (nSPS) is 22.2. The minimum Gasteiger partial charge on any atom is -0.0988 e. The van der Waals surface area contributed by atoms with Crippen LogP contribution in [0, 0.1) is 5.41 Å². The zero-order valence-electron chi connectivity index (χ0n) is 13.7. The molecule has 0 heterocycles. The van der Waals surface area contributed by atoms with Crippen LogP contribution in [-0.2, 0) is 0 Å². The Morgan fingerprint density at radius 3 is 2.50 bits per heavy atom. The van der Waals surface area contributed by atoms with Crippen LogP contribution in [0.5, 0.6) is 0 Å². The highest BCUT2D eigenvalue weighted by Crippen LogP contribution is 2.40. The van der Waals surface area contributed by atoms with E-state index in [1.54, 1.807) is 0 Å². The molecule has 0 aromatic heterocycles. The lowest BCUT2D eigenvalue weighted by molar-refractivity contribution is 0.404. The first-order valence-corrected chi connectivity index (χ1v) is 7.40. The van der Waals surface area contributed by atoms with Crippen LogP contribution in [-0.4, -0.2) is 0 Å². The van der Waals surface area contributed by atoms with E-state index in [2.05, 4.69) is 77.7 Å². The van der Waals surface area contributed by atoms with E-state index < -0.39 is 0 Å².